The number of carbonyl (C=O) groups is 1. The van der Waals surface area contributed by atoms with E-state index in [0.29, 0.717) is 12.2 Å². The van der Waals surface area contributed by atoms with Gasteiger partial charge < -0.3 is 10.1 Å². The molecule has 21 heavy (non-hydrogen) atoms. The Bertz CT molecular complexity index is 737. The summed E-state index contributed by atoms with van der Waals surface area (Å²) in [6.07, 6.45) is 1.89. The van der Waals surface area contributed by atoms with Gasteiger partial charge in [0.05, 0.1) is 6.61 Å². The SMILES string of the molecule is CCOc1ccccc1C=C1C(=O)Nc2ccc(I)cc21. The Morgan fingerprint density at radius 3 is 2.86 bits per heavy atom. The van der Waals surface area contributed by atoms with Crippen molar-refractivity contribution in [2.45, 2.75) is 6.92 Å². The quantitative estimate of drug-likeness (QED) is 0.630. The lowest BCUT2D eigenvalue weighted by Gasteiger charge is -2.07. The summed E-state index contributed by atoms with van der Waals surface area (Å²) in [5.74, 6) is 0.720. The molecule has 2 aromatic rings. The van der Waals surface area contributed by atoms with E-state index >= 15 is 0 Å². The molecule has 1 aliphatic heterocycles. The number of halogens is 1. The first-order valence-electron chi connectivity index (χ1n) is 6.74. The lowest BCUT2D eigenvalue weighted by Crippen LogP contribution is -2.03. The summed E-state index contributed by atoms with van der Waals surface area (Å²) >= 11 is 2.25. The van der Waals surface area contributed by atoms with Crippen LogP contribution in [-0.4, -0.2) is 12.5 Å². The van der Waals surface area contributed by atoms with Crippen molar-refractivity contribution in [2.24, 2.45) is 0 Å². The van der Waals surface area contributed by atoms with Crippen molar-refractivity contribution in [1.29, 1.82) is 0 Å². The fraction of sp³-hybridized carbons (Fsp3) is 0.118. The van der Waals surface area contributed by atoms with Gasteiger partial charge in [-0.2, -0.15) is 0 Å². The molecular formula is C17H14INO2. The van der Waals surface area contributed by atoms with Crippen LogP contribution < -0.4 is 10.1 Å². The number of hydrogen-bond acceptors (Lipinski definition) is 2. The summed E-state index contributed by atoms with van der Waals surface area (Å²) < 4.78 is 6.72. The van der Waals surface area contributed by atoms with Crippen LogP contribution in [0, 0.1) is 3.57 Å². The highest BCUT2D eigenvalue weighted by molar-refractivity contribution is 14.1. The Morgan fingerprint density at radius 2 is 2.05 bits per heavy atom. The normalized spacial score (nSPS) is 15.0. The van der Waals surface area contributed by atoms with Crippen molar-refractivity contribution in [1.82, 2.24) is 0 Å². The largest absolute Gasteiger partial charge is 0.493 e. The maximum Gasteiger partial charge on any atom is 0.256 e. The first-order valence-corrected chi connectivity index (χ1v) is 7.81. The van der Waals surface area contributed by atoms with E-state index in [-0.39, 0.29) is 5.91 Å². The molecule has 0 atom stereocenters. The number of rotatable bonds is 3. The monoisotopic (exact) mass is 391 g/mol. The fourth-order valence-corrected chi connectivity index (χ4v) is 2.84. The summed E-state index contributed by atoms with van der Waals surface area (Å²) in [6, 6.07) is 13.7. The van der Waals surface area contributed by atoms with Crippen LogP contribution in [-0.2, 0) is 4.79 Å². The molecule has 0 bridgehead atoms. The molecule has 0 saturated carbocycles. The van der Waals surface area contributed by atoms with Gasteiger partial charge in [-0.05, 0) is 59.9 Å². The van der Waals surface area contributed by atoms with Gasteiger partial charge in [0.15, 0.2) is 0 Å². The second kappa shape index (κ2) is 5.89. The van der Waals surface area contributed by atoms with E-state index in [4.69, 9.17) is 4.74 Å². The molecule has 3 nitrogen and oxygen atoms in total. The molecule has 0 aliphatic carbocycles. The van der Waals surface area contributed by atoms with Gasteiger partial charge in [0.2, 0.25) is 0 Å². The van der Waals surface area contributed by atoms with Gasteiger partial charge in [-0.3, -0.25) is 4.79 Å². The zero-order chi connectivity index (χ0) is 14.8. The number of nitrogens with one attached hydrogen (secondary N) is 1. The predicted octanol–water partition coefficient (Wildman–Crippen LogP) is 4.18. The van der Waals surface area contributed by atoms with Crippen LogP contribution in [0.4, 0.5) is 5.69 Å². The first-order chi connectivity index (χ1) is 10.2. The molecule has 0 saturated heterocycles. The molecule has 4 heteroatoms. The zero-order valence-corrected chi connectivity index (χ0v) is 13.7. The lowest BCUT2D eigenvalue weighted by atomic mass is 10.0. The van der Waals surface area contributed by atoms with Crippen LogP contribution in [0.2, 0.25) is 0 Å². The zero-order valence-electron chi connectivity index (χ0n) is 11.5. The van der Waals surface area contributed by atoms with Crippen LogP contribution in [0.1, 0.15) is 18.1 Å². The number of ether oxygens (including phenoxy) is 1. The summed E-state index contributed by atoms with van der Waals surface area (Å²) in [5.41, 5.74) is 3.39. The fourth-order valence-electron chi connectivity index (χ4n) is 2.35. The van der Waals surface area contributed by atoms with Gasteiger partial charge >= 0.3 is 0 Å². The van der Waals surface area contributed by atoms with E-state index in [1.54, 1.807) is 0 Å². The minimum absolute atomic E-state index is 0.0710. The van der Waals surface area contributed by atoms with Crippen molar-refractivity contribution in [3.05, 3.63) is 57.2 Å². The average molecular weight is 391 g/mol. The number of fused-ring (bicyclic) bond motifs is 1. The van der Waals surface area contributed by atoms with Crippen LogP contribution in [0.15, 0.2) is 42.5 Å². The van der Waals surface area contributed by atoms with Crippen LogP contribution in [0.3, 0.4) is 0 Å². The standard InChI is InChI=1S/C17H14INO2/c1-2-21-16-6-4-3-5-11(16)9-14-13-10-12(18)7-8-15(13)19-17(14)20/h3-10H,2H2,1H3,(H,19,20). The molecule has 106 valence electrons. The van der Waals surface area contributed by atoms with Crippen LogP contribution in [0.5, 0.6) is 5.75 Å². The summed E-state index contributed by atoms with van der Waals surface area (Å²) in [5, 5.41) is 2.90. The van der Waals surface area contributed by atoms with Crippen LogP contribution >= 0.6 is 22.6 Å². The maximum atomic E-state index is 12.2. The van der Waals surface area contributed by atoms with Gasteiger partial charge in [-0.1, -0.05) is 18.2 Å². The van der Waals surface area contributed by atoms with E-state index in [1.807, 2.05) is 55.5 Å². The van der Waals surface area contributed by atoms with Gasteiger partial charge in [0.1, 0.15) is 5.75 Å². The molecule has 0 unspecified atom stereocenters. The molecule has 2 aromatic carbocycles. The van der Waals surface area contributed by atoms with Crippen molar-refractivity contribution >= 4 is 45.8 Å². The van der Waals surface area contributed by atoms with E-state index in [9.17, 15) is 4.79 Å². The number of benzene rings is 2. The number of para-hydroxylation sites is 1. The van der Waals surface area contributed by atoms with Crippen LogP contribution in [0.25, 0.3) is 11.6 Å². The summed E-state index contributed by atoms with van der Waals surface area (Å²) in [7, 11) is 0. The number of amides is 1. The topological polar surface area (TPSA) is 38.3 Å². The Morgan fingerprint density at radius 1 is 1.24 bits per heavy atom. The minimum Gasteiger partial charge on any atom is -0.493 e. The minimum atomic E-state index is -0.0710. The van der Waals surface area contributed by atoms with Crippen molar-refractivity contribution in [3.8, 4) is 5.75 Å². The Balaban J connectivity index is 2.09. The number of carbonyl (C=O) groups excluding carboxylic acids is 1. The summed E-state index contributed by atoms with van der Waals surface area (Å²) in [6.45, 7) is 2.55. The average Bonchev–Trinajstić information content (AvgIpc) is 2.77. The highest BCUT2D eigenvalue weighted by atomic mass is 127. The van der Waals surface area contributed by atoms with Gasteiger partial charge in [0, 0.05) is 26.0 Å². The molecule has 1 aliphatic rings. The Labute approximate surface area is 137 Å². The second-order valence-electron chi connectivity index (χ2n) is 4.67. The molecule has 1 N–H and O–H groups in total. The molecule has 0 spiro atoms. The summed E-state index contributed by atoms with van der Waals surface area (Å²) in [4.78, 5) is 12.2. The highest BCUT2D eigenvalue weighted by Crippen LogP contribution is 2.35. The highest BCUT2D eigenvalue weighted by Gasteiger charge is 2.24. The van der Waals surface area contributed by atoms with E-state index in [1.165, 1.54) is 0 Å². The van der Waals surface area contributed by atoms with Crippen molar-refractivity contribution in [2.75, 3.05) is 11.9 Å². The van der Waals surface area contributed by atoms with E-state index < -0.39 is 0 Å². The smallest absolute Gasteiger partial charge is 0.256 e. The molecule has 0 fully saturated rings. The number of hydrogen-bond donors (Lipinski definition) is 1. The third-order valence-corrected chi connectivity index (χ3v) is 3.95. The van der Waals surface area contributed by atoms with Crippen molar-refractivity contribution < 1.29 is 9.53 Å². The maximum absolute atomic E-state index is 12.2. The first kappa shape index (κ1) is 14.1. The number of anilines is 1. The predicted molar refractivity (Wildman–Crippen MR) is 93.3 cm³/mol. The third kappa shape index (κ3) is 2.81. The molecular weight excluding hydrogens is 377 g/mol. The van der Waals surface area contributed by atoms with E-state index in [0.717, 1.165) is 26.1 Å². The van der Waals surface area contributed by atoms with Gasteiger partial charge in [-0.25, -0.2) is 0 Å². The second-order valence-corrected chi connectivity index (χ2v) is 5.92. The molecule has 3 rings (SSSR count). The molecule has 1 amide bonds. The van der Waals surface area contributed by atoms with Crippen molar-refractivity contribution in [3.63, 3.8) is 0 Å². The Kier molecular flexibility index (Phi) is 3.96. The lowest BCUT2D eigenvalue weighted by molar-refractivity contribution is -0.110. The Hall–Kier alpha value is -1.82. The van der Waals surface area contributed by atoms with Gasteiger partial charge in [-0.15, -0.1) is 0 Å². The molecule has 0 aromatic heterocycles. The molecule has 0 radical (unpaired) electrons. The third-order valence-electron chi connectivity index (χ3n) is 3.28. The van der Waals surface area contributed by atoms with Gasteiger partial charge in [0.25, 0.3) is 5.91 Å². The molecule has 1 heterocycles. The van der Waals surface area contributed by atoms with E-state index in [2.05, 4.69) is 27.9 Å².